The van der Waals surface area contributed by atoms with Gasteiger partial charge in [-0.3, -0.25) is 9.59 Å². The first-order valence-electron chi connectivity index (χ1n) is 18.1. The second-order valence-corrected chi connectivity index (χ2v) is 15.8. The Balaban J connectivity index is 2.17. The molecule has 0 aromatic heterocycles. The number of ketones is 1. The number of rotatable bonds is 7. The first-order chi connectivity index (χ1) is 23.1. The van der Waals surface area contributed by atoms with Crippen LogP contribution in [0.1, 0.15) is 94.9 Å². The van der Waals surface area contributed by atoms with E-state index < -0.39 is 108 Å². The molecular weight excluding hydrogens is 654 g/mol. The Morgan fingerprint density at radius 2 is 1.52 bits per heavy atom. The summed E-state index contributed by atoms with van der Waals surface area (Å²) in [5.74, 6) is -4.98. The third kappa shape index (κ3) is 9.07. The topological polar surface area (TPSA) is 203 Å². The van der Waals surface area contributed by atoms with E-state index in [2.05, 4.69) is 5.32 Å². The summed E-state index contributed by atoms with van der Waals surface area (Å²) in [4.78, 5) is 27.8. The number of ether oxygens (including phenoxy) is 6. The predicted octanol–water partition coefficient (Wildman–Crippen LogP) is 1.44. The van der Waals surface area contributed by atoms with Gasteiger partial charge in [0.05, 0.1) is 47.6 Å². The van der Waals surface area contributed by atoms with Gasteiger partial charge in [-0.15, -0.1) is 0 Å². The van der Waals surface area contributed by atoms with E-state index in [0.29, 0.717) is 6.42 Å². The van der Waals surface area contributed by atoms with Crippen molar-refractivity contribution in [3.63, 3.8) is 0 Å². The summed E-state index contributed by atoms with van der Waals surface area (Å²) in [5, 5.41) is 60.4. The zero-order valence-corrected chi connectivity index (χ0v) is 32.0. The van der Waals surface area contributed by atoms with Crippen LogP contribution < -0.4 is 5.32 Å². The fourth-order valence-corrected chi connectivity index (χ4v) is 8.21. The van der Waals surface area contributed by atoms with Gasteiger partial charge in [0, 0.05) is 37.3 Å². The Bertz CT molecular complexity index is 1140. The first-order valence-corrected chi connectivity index (χ1v) is 18.1. The lowest BCUT2D eigenvalue weighted by Gasteiger charge is -2.48. The normalized spacial score (nSPS) is 50.4. The van der Waals surface area contributed by atoms with Crippen molar-refractivity contribution in [3.8, 4) is 0 Å². The lowest BCUT2D eigenvalue weighted by atomic mass is 9.74. The third-order valence-corrected chi connectivity index (χ3v) is 11.6. The number of hydrogen-bond acceptors (Lipinski definition) is 14. The number of esters is 1. The van der Waals surface area contributed by atoms with Crippen LogP contribution in [0.5, 0.6) is 0 Å². The molecule has 3 aliphatic rings. The van der Waals surface area contributed by atoms with Gasteiger partial charge in [-0.25, -0.2) is 0 Å². The van der Waals surface area contributed by atoms with Crippen molar-refractivity contribution in [3.05, 3.63) is 0 Å². The predicted molar refractivity (Wildman–Crippen MR) is 182 cm³/mol. The highest BCUT2D eigenvalue weighted by atomic mass is 16.7. The largest absolute Gasteiger partial charge is 0.459 e. The highest BCUT2D eigenvalue weighted by Gasteiger charge is 2.53. The maximum absolute atomic E-state index is 14.0. The van der Waals surface area contributed by atoms with Gasteiger partial charge < -0.3 is 59.3 Å². The molecule has 14 heteroatoms. The van der Waals surface area contributed by atoms with Gasteiger partial charge in [-0.05, 0) is 67.9 Å². The Morgan fingerprint density at radius 3 is 2.08 bits per heavy atom. The van der Waals surface area contributed by atoms with E-state index >= 15 is 0 Å². The Morgan fingerprint density at radius 1 is 0.900 bits per heavy atom. The lowest BCUT2D eigenvalue weighted by Crippen LogP contribution is -2.61. The van der Waals surface area contributed by atoms with Crippen LogP contribution in [0.15, 0.2) is 0 Å². The zero-order valence-electron chi connectivity index (χ0n) is 32.0. The molecule has 0 aromatic carbocycles. The van der Waals surface area contributed by atoms with E-state index in [1.165, 1.54) is 27.9 Å². The molecule has 3 rings (SSSR count). The summed E-state index contributed by atoms with van der Waals surface area (Å²) in [6.07, 6.45) is -9.76. The van der Waals surface area contributed by atoms with Gasteiger partial charge in [-0.1, -0.05) is 27.7 Å². The molecule has 14 nitrogen and oxygen atoms in total. The molecule has 0 radical (unpaired) electrons. The molecule has 0 aromatic rings. The van der Waals surface area contributed by atoms with Crippen LogP contribution >= 0.6 is 0 Å². The van der Waals surface area contributed by atoms with E-state index in [0.717, 1.165) is 0 Å². The second kappa shape index (κ2) is 16.8. The molecule has 0 saturated carbocycles. The van der Waals surface area contributed by atoms with E-state index in [1.807, 2.05) is 6.92 Å². The quantitative estimate of drug-likeness (QED) is 0.206. The maximum atomic E-state index is 14.0. The summed E-state index contributed by atoms with van der Waals surface area (Å²) >= 11 is 0. The molecular formula is C36H65NO13. The van der Waals surface area contributed by atoms with Crippen LogP contribution in [0.25, 0.3) is 0 Å². The van der Waals surface area contributed by atoms with Gasteiger partial charge in [0.15, 0.2) is 12.6 Å². The number of aliphatic hydroxyl groups excluding tert-OH is 3. The molecule has 0 unspecified atom stereocenters. The van der Waals surface area contributed by atoms with Crippen molar-refractivity contribution in [2.75, 3.05) is 14.2 Å². The van der Waals surface area contributed by atoms with Gasteiger partial charge in [0.25, 0.3) is 0 Å². The molecule has 3 saturated heterocycles. The fourth-order valence-electron chi connectivity index (χ4n) is 8.21. The van der Waals surface area contributed by atoms with Crippen molar-refractivity contribution in [2.45, 2.75) is 179 Å². The highest BCUT2D eigenvalue weighted by molar-refractivity contribution is 5.83. The zero-order chi connectivity index (χ0) is 38.1. The Hall–Kier alpha value is -1.30. The lowest BCUT2D eigenvalue weighted by molar-refractivity contribution is -0.316. The molecule has 3 heterocycles. The minimum absolute atomic E-state index is 0.0929. The van der Waals surface area contributed by atoms with Crippen molar-refractivity contribution in [1.29, 1.82) is 0 Å². The SMILES string of the molecule is CC[C@H]1OC(=O)[C@H](C)[C@@H](O[C@H]2C[C@@](C)(OC)[C@@H](O)[C@H](C)O2)[C@H](C)[C@@H](O[C@@H]2O[C@H](C)C[C@H](NC)[C@H]2O)[C@](C)(O)C[C@@H](C)C(=O)[C@H](C)[C@@H](O)[C@]1(C)O. The third-order valence-electron chi connectivity index (χ3n) is 11.6. The van der Waals surface area contributed by atoms with Crippen LogP contribution in [-0.4, -0.2) is 136 Å². The van der Waals surface area contributed by atoms with Crippen LogP contribution in [0, 0.1) is 23.7 Å². The minimum Gasteiger partial charge on any atom is -0.459 e. The van der Waals surface area contributed by atoms with Gasteiger partial charge in [0.1, 0.15) is 29.7 Å². The second-order valence-electron chi connectivity index (χ2n) is 15.8. The van der Waals surface area contributed by atoms with E-state index in [-0.39, 0.29) is 31.4 Å². The van der Waals surface area contributed by atoms with Crippen molar-refractivity contribution >= 4 is 11.8 Å². The van der Waals surface area contributed by atoms with Crippen molar-refractivity contribution in [1.82, 2.24) is 5.32 Å². The van der Waals surface area contributed by atoms with Crippen molar-refractivity contribution in [2.24, 2.45) is 23.7 Å². The number of cyclic esters (lactones) is 1. The molecule has 18 atom stereocenters. The average molecular weight is 720 g/mol. The van der Waals surface area contributed by atoms with Crippen LogP contribution in [0.2, 0.25) is 0 Å². The number of carbonyl (C=O) groups is 2. The van der Waals surface area contributed by atoms with Gasteiger partial charge >= 0.3 is 5.97 Å². The summed E-state index contributed by atoms with van der Waals surface area (Å²) in [5.41, 5.74) is -4.84. The molecule has 3 fully saturated rings. The fraction of sp³-hybridized carbons (Fsp3) is 0.944. The van der Waals surface area contributed by atoms with E-state index in [1.54, 1.807) is 48.6 Å². The van der Waals surface area contributed by atoms with E-state index in [9.17, 15) is 35.1 Å². The smallest absolute Gasteiger partial charge is 0.311 e. The monoisotopic (exact) mass is 719 g/mol. The van der Waals surface area contributed by atoms with Crippen LogP contribution in [0.3, 0.4) is 0 Å². The molecule has 292 valence electrons. The summed E-state index contributed by atoms with van der Waals surface area (Å²) in [6, 6.07) is -0.375. The average Bonchev–Trinajstić information content (AvgIpc) is 3.05. The Labute approximate surface area is 297 Å². The van der Waals surface area contributed by atoms with Gasteiger partial charge in [-0.2, -0.15) is 0 Å². The molecule has 50 heavy (non-hydrogen) atoms. The van der Waals surface area contributed by atoms with Crippen molar-refractivity contribution < 1.29 is 63.5 Å². The minimum atomic E-state index is -1.99. The summed E-state index contributed by atoms with van der Waals surface area (Å²) < 4.78 is 36.9. The van der Waals surface area contributed by atoms with E-state index in [4.69, 9.17) is 28.4 Å². The van der Waals surface area contributed by atoms with Crippen LogP contribution in [0.4, 0.5) is 0 Å². The summed E-state index contributed by atoms with van der Waals surface area (Å²) in [6.45, 7) is 16.3. The number of Topliss-reactive ketones (excluding diaryl/α,β-unsaturated/α-hetero) is 1. The standard InChI is InChI=1S/C36H65NO13/c1-13-24-36(10,44)29(40)19(4)26(38)17(2)15-34(8,43)31(50-33-27(39)23(37-11)14-18(3)46-33)20(5)28(21(6)32(42)48-24)49-25-16-35(9,45-12)30(41)22(7)47-25/h17-25,27-31,33,37,39-41,43-44H,13-16H2,1-12H3/t17-,18-,19+,20+,21-,22+,23+,24-,25+,27-,28+,29-,30+,31-,33+,34-,35-,36-/m1/s1. The highest BCUT2D eigenvalue weighted by Crippen LogP contribution is 2.40. The number of hydrogen-bond donors (Lipinski definition) is 6. The Kier molecular flexibility index (Phi) is 14.5. The number of nitrogens with one attached hydrogen (secondary N) is 1. The number of aliphatic hydroxyl groups is 5. The maximum Gasteiger partial charge on any atom is 0.311 e. The van der Waals surface area contributed by atoms with Gasteiger partial charge in [0.2, 0.25) is 0 Å². The molecule has 0 aliphatic carbocycles. The number of likely N-dealkylation sites (N-methyl/N-ethyl adjacent to an activating group) is 1. The summed E-state index contributed by atoms with van der Waals surface area (Å²) in [7, 11) is 3.20. The first kappa shape index (κ1) is 43.1. The molecule has 6 N–H and O–H groups in total. The molecule has 3 aliphatic heterocycles. The number of carbonyl (C=O) groups excluding carboxylic acids is 2. The number of methoxy groups -OCH3 is 1. The molecule has 0 bridgehead atoms. The van der Waals surface area contributed by atoms with Crippen LogP contribution in [-0.2, 0) is 38.0 Å². The molecule has 0 amide bonds. The molecule has 0 spiro atoms.